The Balaban J connectivity index is 3.03. The van der Waals surface area contributed by atoms with E-state index in [4.69, 9.17) is 0 Å². The summed E-state index contributed by atoms with van der Waals surface area (Å²) in [4.78, 5) is 0. The van der Waals surface area contributed by atoms with E-state index in [0.29, 0.717) is 0 Å². The van der Waals surface area contributed by atoms with E-state index in [1.807, 2.05) is 6.08 Å². The van der Waals surface area contributed by atoms with Gasteiger partial charge in [-0.25, -0.2) is 0 Å². The van der Waals surface area contributed by atoms with Gasteiger partial charge in [-0.2, -0.15) is 0 Å². The number of allylic oxidation sites excluding steroid dienone is 2. The maximum atomic E-state index is 3.64. The lowest BCUT2D eigenvalue weighted by molar-refractivity contribution is 0.498. The van der Waals surface area contributed by atoms with Crippen LogP contribution in [-0.4, -0.2) is 0 Å². The van der Waals surface area contributed by atoms with Gasteiger partial charge in [0.2, 0.25) is 0 Å². The third-order valence-corrected chi connectivity index (χ3v) is 1.93. The fraction of sp³-hybridized carbons (Fsp3) is 0.700. The molecular formula is C10H19. The summed E-state index contributed by atoms with van der Waals surface area (Å²) in [7, 11) is 0. The molecule has 59 valence electrons. The van der Waals surface area contributed by atoms with Crippen molar-refractivity contribution < 1.29 is 0 Å². The Morgan fingerprint density at radius 3 is 2.70 bits per heavy atom. The third kappa shape index (κ3) is 5.87. The summed E-state index contributed by atoms with van der Waals surface area (Å²) >= 11 is 0. The molecule has 0 fully saturated rings. The first-order valence-corrected chi connectivity index (χ1v) is 4.25. The molecule has 0 nitrogen and oxygen atoms in total. The third-order valence-electron chi connectivity index (χ3n) is 1.93. The fourth-order valence-electron chi connectivity index (χ4n) is 0.906. The highest BCUT2D eigenvalue weighted by atomic mass is 14.0. The molecule has 0 bridgehead atoms. The summed E-state index contributed by atoms with van der Waals surface area (Å²) in [5, 5.41) is 0. The van der Waals surface area contributed by atoms with Crippen LogP contribution < -0.4 is 0 Å². The van der Waals surface area contributed by atoms with E-state index in [9.17, 15) is 0 Å². The molecule has 0 amide bonds. The first kappa shape index (κ1) is 9.74. The summed E-state index contributed by atoms with van der Waals surface area (Å²) in [5.41, 5.74) is 0. The van der Waals surface area contributed by atoms with Gasteiger partial charge in [0.05, 0.1) is 0 Å². The van der Waals surface area contributed by atoms with Gasteiger partial charge in [0.15, 0.2) is 0 Å². The molecule has 0 aliphatic rings. The molecule has 0 aliphatic carbocycles. The average Bonchev–Trinajstić information content (AvgIpc) is 1.98. The minimum absolute atomic E-state index is 0.901. The smallest absolute Gasteiger partial charge is 0.0316 e. The van der Waals surface area contributed by atoms with Crippen molar-refractivity contribution in [1.82, 2.24) is 0 Å². The van der Waals surface area contributed by atoms with Gasteiger partial charge >= 0.3 is 0 Å². The second kappa shape index (κ2) is 6.85. The molecule has 10 heavy (non-hydrogen) atoms. The van der Waals surface area contributed by atoms with Crippen LogP contribution in [0.3, 0.4) is 0 Å². The summed E-state index contributed by atoms with van der Waals surface area (Å²) in [6, 6.07) is 0. The van der Waals surface area contributed by atoms with Gasteiger partial charge in [0.1, 0.15) is 0 Å². The quantitative estimate of drug-likeness (QED) is 0.510. The minimum atomic E-state index is 0.901. The van der Waals surface area contributed by atoms with Gasteiger partial charge in [0.25, 0.3) is 0 Å². The Labute approximate surface area is 65.3 Å². The summed E-state index contributed by atoms with van der Waals surface area (Å²) < 4.78 is 0. The van der Waals surface area contributed by atoms with Crippen LogP contribution in [-0.2, 0) is 0 Å². The fourth-order valence-corrected chi connectivity index (χ4v) is 0.906. The highest BCUT2D eigenvalue weighted by Crippen LogP contribution is 2.10. The van der Waals surface area contributed by atoms with E-state index < -0.39 is 0 Å². The lowest BCUT2D eigenvalue weighted by atomic mass is 10.0. The molecule has 0 saturated heterocycles. The monoisotopic (exact) mass is 139 g/mol. The van der Waals surface area contributed by atoms with Gasteiger partial charge in [0, 0.05) is 0 Å². The maximum Gasteiger partial charge on any atom is -0.0316 e. The highest BCUT2D eigenvalue weighted by Gasteiger charge is 1.95. The summed E-state index contributed by atoms with van der Waals surface area (Å²) in [6.07, 6.45) is 9.22. The highest BCUT2D eigenvalue weighted by molar-refractivity contribution is 4.83. The van der Waals surface area contributed by atoms with E-state index >= 15 is 0 Å². The number of hydrogen-bond donors (Lipinski definition) is 0. The molecular weight excluding hydrogens is 120 g/mol. The van der Waals surface area contributed by atoms with Crippen molar-refractivity contribution >= 4 is 0 Å². The number of rotatable bonds is 5. The SMILES string of the molecule is [CH2]/C=C/CCCC(C)CC. The Hall–Kier alpha value is -0.260. The van der Waals surface area contributed by atoms with Gasteiger partial charge < -0.3 is 0 Å². The molecule has 0 aliphatic heterocycles. The zero-order valence-corrected chi connectivity index (χ0v) is 7.27. The van der Waals surface area contributed by atoms with Gasteiger partial charge in [-0.05, 0) is 25.7 Å². The van der Waals surface area contributed by atoms with E-state index in [2.05, 4.69) is 26.8 Å². The van der Waals surface area contributed by atoms with Crippen LogP contribution in [0.2, 0.25) is 0 Å². The molecule has 0 spiro atoms. The van der Waals surface area contributed by atoms with E-state index in [0.717, 1.165) is 5.92 Å². The predicted octanol–water partition coefficient (Wildman–Crippen LogP) is 3.59. The van der Waals surface area contributed by atoms with Crippen molar-refractivity contribution in [3.05, 3.63) is 19.1 Å². The van der Waals surface area contributed by atoms with E-state index in [1.54, 1.807) is 0 Å². The number of unbranched alkanes of at least 4 members (excludes halogenated alkanes) is 1. The van der Waals surface area contributed by atoms with Crippen LogP contribution in [0.4, 0.5) is 0 Å². The first-order valence-electron chi connectivity index (χ1n) is 4.25. The molecule has 0 N–H and O–H groups in total. The van der Waals surface area contributed by atoms with Crippen molar-refractivity contribution in [2.75, 3.05) is 0 Å². The Morgan fingerprint density at radius 2 is 2.20 bits per heavy atom. The Kier molecular flexibility index (Phi) is 6.68. The lowest BCUT2D eigenvalue weighted by Crippen LogP contribution is -1.90. The molecule has 0 rings (SSSR count). The maximum absolute atomic E-state index is 3.64. The van der Waals surface area contributed by atoms with Crippen LogP contribution in [0, 0.1) is 12.8 Å². The van der Waals surface area contributed by atoms with Crippen LogP contribution in [0.25, 0.3) is 0 Å². The molecule has 1 unspecified atom stereocenters. The standard InChI is InChI=1S/C10H19/c1-4-6-7-8-9-10(3)5-2/h4,6,10H,1,5,7-9H2,2-3H3/b6-4+. The minimum Gasteiger partial charge on any atom is -0.0885 e. The van der Waals surface area contributed by atoms with Crippen LogP contribution in [0.5, 0.6) is 0 Å². The van der Waals surface area contributed by atoms with Crippen LogP contribution >= 0.6 is 0 Å². The second-order valence-electron chi connectivity index (χ2n) is 2.92. The van der Waals surface area contributed by atoms with Gasteiger partial charge in [-0.15, -0.1) is 0 Å². The largest absolute Gasteiger partial charge is 0.0885 e. The Morgan fingerprint density at radius 1 is 1.50 bits per heavy atom. The first-order chi connectivity index (χ1) is 4.81. The molecule has 1 atom stereocenters. The van der Waals surface area contributed by atoms with Crippen molar-refractivity contribution in [2.45, 2.75) is 39.5 Å². The van der Waals surface area contributed by atoms with Crippen molar-refractivity contribution in [3.63, 3.8) is 0 Å². The molecule has 0 aromatic carbocycles. The zero-order valence-electron chi connectivity index (χ0n) is 7.27. The summed E-state index contributed by atoms with van der Waals surface area (Å²) in [5.74, 6) is 0.901. The van der Waals surface area contributed by atoms with Gasteiger partial charge in [-0.1, -0.05) is 38.8 Å². The van der Waals surface area contributed by atoms with Crippen LogP contribution in [0.15, 0.2) is 12.2 Å². The van der Waals surface area contributed by atoms with Crippen molar-refractivity contribution in [2.24, 2.45) is 5.92 Å². The van der Waals surface area contributed by atoms with E-state index in [1.165, 1.54) is 25.7 Å². The summed E-state index contributed by atoms with van der Waals surface area (Å²) in [6.45, 7) is 8.21. The normalized spacial score (nSPS) is 14.3. The van der Waals surface area contributed by atoms with Crippen molar-refractivity contribution in [3.8, 4) is 0 Å². The Bertz CT molecular complexity index is 82.0. The molecule has 0 heteroatoms. The lowest BCUT2D eigenvalue weighted by Gasteiger charge is -2.04. The molecule has 1 radical (unpaired) electrons. The van der Waals surface area contributed by atoms with Crippen molar-refractivity contribution in [1.29, 1.82) is 0 Å². The molecule has 0 aromatic heterocycles. The van der Waals surface area contributed by atoms with Gasteiger partial charge in [-0.3, -0.25) is 0 Å². The average molecular weight is 139 g/mol. The second-order valence-corrected chi connectivity index (χ2v) is 2.92. The number of hydrogen-bond acceptors (Lipinski definition) is 0. The topological polar surface area (TPSA) is 0 Å². The van der Waals surface area contributed by atoms with Crippen LogP contribution in [0.1, 0.15) is 39.5 Å². The van der Waals surface area contributed by atoms with E-state index in [-0.39, 0.29) is 0 Å². The molecule has 0 saturated carbocycles. The molecule has 0 aromatic rings. The molecule has 0 heterocycles. The predicted molar refractivity (Wildman–Crippen MR) is 47.8 cm³/mol. The zero-order chi connectivity index (χ0) is 7.82.